The van der Waals surface area contributed by atoms with E-state index in [1.807, 2.05) is 0 Å². The molecule has 0 amide bonds. The number of carbonyl (C=O) groups excluding carboxylic acids is 2. The molecule has 0 aliphatic heterocycles. The summed E-state index contributed by atoms with van der Waals surface area (Å²) in [6.07, 6.45) is -0.338. The van der Waals surface area contributed by atoms with Crippen molar-refractivity contribution in [2.24, 2.45) is 0 Å². The van der Waals surface area contributed by atoms with Crippen LogP contribution in [-0.4, -0.2) is 36.9 Å². The van der Waals surface area contributed by atoms with E-state index in [1.165, 1.54) is 38.5 Å². The number of hydrogen-bond acceptors (Lipinski definition) is 5. The molecule has 1 N–H and O–H groups in total. The molecule has 24 heavy (non-hydrogen) atoms. The van der Waals surface area contributed by atoms with Gasteiger partial charge in [0.2, 0.25) is 11.6 Å². The molecule has 6 heteroatoms. The maximum atomic E-state index is 12.2. The maximum Gasteiger partial charge on any atom is 0.339 e. The molecule has 0 bridgehead atoms. The second kappa shape index (κ2) is 7.41. The van der Waals surface area contributed by atoms with Crippen molar-refractivity contribution >= 4 is 17.5 Å². The summed E-state index contributed by atoms with van der Waals surface area (Å²) < 4.78 is 10.2. The largest absolute Gasteiger partial charge is 0.493 e. The van der Waals surface area contributed by atoms with Gasteiger partial charge >= 0.3 is 5.97 Å². The van der Waals surface area contributed by atoms with Gasteiger partial charge in [0.15, 0.2) is 11.5 Å². The maximum absolute atomic E-state index is 12.2. The first-order chi connectivity index (χ1) is 11.5. The summed E-state index contributed by atoms with van der Waals surface area (Å²) in [4.78, 5) is 35.9. The molecule has 2 rings (SSSR count). The Balaban J connectivity index is 2.37. The molecule has 0 saturated carbocycles. The molecule has 124 valence electrons. The van der Waals surface area contributed by atoms with Crippen LogP contribution in [0, 0.1) is 0 Å². The fourth-order valence-corrected chi connectivity index (χ4v) is 2.35. The predicted octanol–water partition coefficient (Wildman–Crippen LogP) is 2.40. The average Bonchev–Trinajstić information content (AvgIpc) is 2.60. The van der Waals surface area contributed by atoms with Crippen molar-refractivity contribution in [1.82, 2.24) is 0 Å². The number of carboxylic acid groups (broad SMARTS) is 1. The summed E-state index contributed by atoms with van der Waals surface area (Å²) in [6.45, 7) is 0. The number of methoxy groups -OCH3 is 2. The summed E-state index contributed by atoms with van der Waals surface area (Å²) in [5, 5.41) is 9.43. The van der Waals surface area contributed by atoms with Crippen LogP contribution in [0.2, 0.25) is 0 Å². The van der Waals surface area contributed by atoms with E-state index >= 15 is 0 Å². The summed E-state index contributed by atoms with van der Waals surface area (Å²) in [6, 6.07) is 11.1. The van der Waals surface area contributed by atoms with Crippen molar-refractivity contribution in [1.29, 1.82) is 0 Å². The Labute approximate surface area is 138 Å². The zero-order valence-electron chi connectivity index (χ0n) is 13.2. The van der Waals surface area contributed by atoms with E-state index in [4.69, 9.17) is 9.47 Å². The highest BCUT2D eigenvalue weighted by molar-refractivity contribution is 6.44. The van der Waals surface area contributed by atoms with Gasteiger partial charge in [-0.3, -0.25) is 9.59 Å². The van der Waals surface area contributed by atoms with Gasteiger partial charge < -0.3 is 14.6 Å². The first kappa shape index (κ1) is 17.2. The molecule has 2 aromatic carbocycles. The van der Waals surface area contributed by atoms with Crippen molar-refractivity contribution in [2.45, 2.75) is 6.42 Å². The number of carboxylic acids is 1. The quantitative estimate of drug-likeness (QED) is 0.620. The molecule has 0 aliphatic rings. The molecule has 0 atom stereocenters. The molecular weight excluding hydrogens is 312 g/mol. The lowest BCUT2D eigenvalue weighted by Crippen LogP contribution is -2.18. The van der Waals surface area contributed by atoms with E-state index < -0.39 is 17.5 Å². The SMILES string of the molecule is COc1ccc(CC(=O)C(=O)c2ccccc2)c(C(=O)O)c1OC. The molecular formula is C18H16O6. The third-order valence-electron chi connectivity index (χ3n) is 3.49. The number of Topliss-reactive ketones (excluding diaryl/α,β-unsaturated/α-hetero) is 2. The highest BCUT2D eigenvalue weighted by atomic mass is 16.5. The van der Waals surface area contributed by atoms with Crippen molar-refractivity contribution in [3.05, 3.63) is 59.2 Å². The molecule has 0 saturated heterocycles. The van der Waals surface area contributed by atoms with Gasteiger partial charge in [-0.05, 0) is 11.6 Å². The van der Waals surface area contributed by atoms with E-state index in [1.54, 1.807) is 18.2 Å². The van der Waals surface area contributed by atoms with E-state index in [2.05, 4.69) is 0 Å². The normalized spacial score (nSPS) is 10.1. The zero-order valence-corrected chi connectivity index (χ0v) is 13.2. The predicted molar refractivity (Wildman–Crippen MR) is 86.0 cm³/mol. The molecule has 0 aliphatic carbocycles. The summed E-state index contributed by atoms with van der Waals surface area (Å²) >= 11 is 0. The lowest BCUT2D eigenvalue weighted by Gasteiger charge is -2.13. The molecule has 0 spiro atoms. The van der Waals surface area contributed by atoms with Gasteiger partial charge in [0.1, 0.15) is 5.56 Å². The van der Waals surface area contributed by atoms with Gasteiger partial charge in [-0.15, -0.1) is 0 Å². The second-order valence-electron chi connectivity index (χ2n) is 4.94. The number of rotatable bonds is 7. The lowest BCUT2D eigenvalue weighted by atomic mass is 9.97. The molecule has 6 nitrogen and oxygen atoms in total. The van der Waals surface area contributed by atoms with Gasteiger partial charge in [0.05, 0.1) is 14.2 Å². The van der Waals surface area contributed by atoms with E-state index in [0.29, 0.717) is 0 Å². The van der Waals surface area contributed by atoms with Crippen LogP contribution < -0.4 is 9.47 Å². The summed E-state index contributed by atoms with van der Waals surface area (Å²) in [7, 11) is 2.69. The van der Waals surface area contributed by atoms with Gasteiger partial charge in [-0.2, -0.15) is 0 Å². The van der Waals surface area contributed by atoms with Crippen LogP contribution in [0.15, 0.2) is 42.5 Å². The molecule has 0 aromatic heterocycles. The topological polar surface area (TPSA) is 89.9 Å². The molecule has 0 radical (unpaired) electrons. The molecule has 0 heterocycles. The van der Waals surface area contributed by atoms with E-state index in [0.717, 1.165) is 0 Å². The first-order valence-corrected chi connectivity index (χ1v) is 7.09. The van der Waals surface area contributed by atoms with Gasteiger partial charge in [0, 0.05) is 12.0 Å². The molecule has 0 fully saturated rings. The van der Waals surface area contributed by atoms with Crippen LogP contribution in [0.1, 0.15) is 26.3 Å². The van der Waals surface area contributed by atoms with Crippen LogP contribution in [0.5, 0.6) is 11.5 Å². The van der Waals surface area contributed by atoms with Crippen LogP contribution in [0.4, 0.5) is 0 Å². The standard InChI is InChI=1S/C18H16O6/c1-23-14-9-8-12(15(18(21)22)17(14)24-2)10-13(19)16(20)11-6-4-3-5-7-11/h3-9H,10H2,1-2H3,(H,21,22). The number of ether oxygens (including phenoxy) is 2. The van der Waals surface area contributed by atoms with Gasteiger partial charge in [-0.25, -0.2) is 4.79 Å². The van der Waals surface area contributed by atoms with Crippen molar-refractivity contribution in [2.75, 3.05) is 14.2 Å². The minimum absolute atomic E-state index is 0.0162. The second-order valence-corrected chi connectivity index (χ2v) is 4.94. The van der Waals surface area contributed by atoms with E-state index in [9.17, 15) is 19.5 Å². The van der Waals surface area contributed by atoms with Crippen LogP contribution >= 0.6 is 0 Å². The van der Waals surface area contributed by atoms with E-state index in [-0.39, 0.29) is 34.6 Å². The third kappa shape index (κ3) is 3.43. The van der Waals surface area contributed by atoms with Gasteiger partial charge in [0.25, 0.3) is 0 Å². The number of benzene rings is 2. The fraction of sp³-hybridized carbons (Fsp3) is 0.167. The Bertz CT molecular complexity index is 780. The van der Waals surface area contributed by atoms with Crippen LogP contribution in [-0.2, 0) is 11.2 Å². The lowest BCUT2D eigenvalue weighted by molar-refractivity contribution is -0.114. The van der Waals surface area contributed by atoms with Crippen molar-refractivity contribution in [3.63, 3.8) is 0 Å². The highest BCUT2D eigenvalue weighted by Gasteiger charge is 2.24. The number of aromatic carboxylic acids is 1. The Morgan fingerprint density at radius 3 is 2.17 bits per heavy atom. The van der Waals surface area contributed by atoms with Crippen molar-refractivity contribution < 1.29 is 29.0 Å². The van der Waals surface area contributed by atoms with Crippen LogP contribution in [0.3, 0.4) is 0 Å². The summed E-state index contributed by atoms with van der Waals surface area (Å²) in [5.74, 6) is -2.37. The Morgan fingerprint density at radius 1 is 0.958 bits per heavy atom. The highest BCUT2D eigenvalue weighted by Crippen LogP contribution is 2.33. The molecule has 0 unspecified atom stereocenters. The van der Waals surface area contributed by atoms with Gasteiger partial charge in [-0.1, -0.05) is 36.4 Å². The third-order valence-corrected chi connectivity index (χ3v) is 3.49. The number of ketones is 2. The Morgan fingerprint density at radius 2 is 1.62 bits per heavy atom. The average molecular weight is 328 g/mol. The molecule has 2 aromatic rings. The smallest absolute Gasteiger partial charge is 0.339 e. The monoisotopic (exact) mass is 328 g/mol. The number of carbonyl (C=O) groups is 3. The zero-order chi connectivity index (χ0) is 17.7. The van der Waals surface area contributed by atoms with Crippen LogP contribution in [0.25, 0.3) is 0 Å². The Hall–Kier alpha value is -3.15. The fourth-order valence-electron chi connectivity index (χ4n) is 2.35. The Kier molecular flexibility index (Phi) is 5.31. The number of hydrogen-bond donors (Lipinski definition) is 1. The minimum Gasteiger partial charge on any atom is -0.493 e. The van der Waals surface area contributed by atoms with Crippen molar-refractivity contribution in [3.8, 4) is 11.5 Å². The minimum atomic E-state index is -1.26. The summed E-state index contributed by atoms with van der Waals surface area (Å²) in [5.41, 5.74) is 0.264. The first-order valence-electron chi connectivity index (χ1n) is 7.09.